The highest BCUT2D eigenvalue weighted by atomic mass is 32.2. The molecule has 10 atom stereocenters. The van der Waals surface area contributed by atoms with Crippen LogP contribution < -0.4 is 0 Å². The van der Waals surface area contributed by atoms with E-state index in [9.17, 15) is 34.3 Å². The van der Waals surface area contributed by atoms with E-state index in [2.05, 4.69) is 10.0 Å². The van der Waals surface area contributed by atoms with Crippen molar-refractivity contribution >= 4 is 47.6 Å². The van der Waals surface area contributed by atoms with E-state index < -0.39 is 110 Å². The molecule has 0 amide bonds. The van der Waals surface area contributed by atoms with Crippen molar-refractivity contribution in [3.63, 3.8) is 0 Å². The normalized spacial score (nSPS) is 25.0. The second kappa shape index (κ2) is 22.5. The van der Waals surface area contributed by atoms with Gasteiger partial charge in [0.1, 0.15) is 43.0 Å². The molecule has 0 aliphatic carbocycles. The molecule has 4 aromatic carbocycles. The minimum atomic E-state index is -1.82. The summed E-state index contributed by atoms with van der Waals surface area (Å²) in [5, 5.41) is 3.85. The molecule has 0 radical (unpaired) electrons. The summed E-state index contributed by atoms with van der Waals surface area (Å²) in [6.07, 6.45) is -12.6. The third-order valence-electron chi connectivity index (χ3n) is 9.63. The van der Waals surface area contributed by atoms with Crippen LogP contribution in [0.25, 0.3) is 10.4 Å². The highest BCUT2D eigenvalue weighted by Gasteiger charge is 2.57. The first kappa shape index (κ1) is 46.7. The van der Waals surface area contributed by atoms with Gasteiger partial charge < -0.3 is 42.6 Å². The summed E-state index contributed by atoms with van der Waals surface area (Å²) in [5.74, 6) is -4.96. The number of carbonyl (C=O) groups excluding carboxylic acids is 6. The molecule has 0 saturated carbocycles. The molecule has 6 rings (SSSR count). The van der Waals surface area contributed by atoms with Crippen molar-refractivity contribution in [1.82, 2.24) is 0 Å². The lowest BCUT2D eigenvalue weighted by Crippen LogP contribution is -2.66. The Labute approximate surface area is 371 Å². The van der Waals surface area contributed by atoms with Crippen LogP contribution in [0.4, 0.5) is 0 Å². The van der Waals surface area contributed by atoms with Crippen molar-refractivity contribution in [2.75, 3.05) is 13.2 Å². The second-order valence-corrected chi connectivity index (χ2v) is 15.4. The van der Waals surface area contributed by atoms with Crippen LogP contribution in [-0.2, 0) is 57.0 Å². The molecule has 334 valence electrons. The Morgan fingerprint density at radius 3 is 1.52 bits per heavy atom. The summed E-state index contributed by atoms with van der Waals surface area (Å²) in [6, 6.07) is 31.2. The number of benzene rings is 4. The molecular weight excluding hydrogens is 855 g/mol. The predicted octanol–water partition coefficient (Wildman–Crippen LogP) is 6.03. The molecule has 2 aliphatic rings. The Hall–Kier alpha value is -6.76. The zero-order chi connectivity index (χ0) is 45.6. The summed E-state index contributed by atoms with van der Waals surface area (Å²) in [5.41, 5.74) is 9.10. The largest absolute Gasteiger partial charge is 0.463 e. The number of nitrogens with zero attached hydrogens (tertiary/aromatic N) is 3. The third kappa shape index (κ3) is 12.5. The molecule has 2 heterocycles. The van der Waals surface area contributed by atoms with Crippen LogP contribution in [0.1, 0.15) is 51.8 Å². The molecule has 0 bridgehead atoms. The van der Waals surface area contributed by atoms with Crippen molar-refractivity contribution in [2.24, 2.45) is 5.11 Å². The quantitative estimate of drug-likeness (QED) is 0.0411. The Morgan fingerprint density at radius 2 is 1.00 bits per heavy atom. The zero-order valence-electron chi connectivity index (χ0n) is 34.6. The lowest BCUT2D eigenvalue weighted by Gasteiger charge is -2.48. The molecule has 18 nitrogen and oxygen atoms in total. The van der Waals surface area contributed by atoms with Gasteiger partial charge in [0, 0.05) is 30.6 Å². The van der Waals surface area contributed by atoms with Crippen LogP contribution in [0.5, 0.6) is 0 Å². The average molecular weight is 898 g/mol. The highest BCUT2D eigenvalue weighted by molar-refractivity contribution is 7.99. The summed E-state index contributed by atoms with van der Waals surface area (Å²) < 4.78 is 54.3. The standard InChI is InChI=1S/C45H43N3O15S/c1-26(49)55-24-33-36(57-27(2)50)38(58-28(3)51)35(47-48-46)44(59-33)63-39-37(61-42(53)30-18-10-5-11-19-30)34(25-56-41(52)29-16-8-4-9-17-29)60-45(64-32-22-14-7-15-23-32)40(39)62-43(54)31-20-12-6-13-21-31/h4-23,33-40,44-45H,24-25H2,1-3H3/t33-,34-,35-,36+,37+,38-,39+,40-,44-,45+/m1/s1. The summed E-state index contributed by atoms with van der Waals surface area (Å²) in [6.45, 7) is 2.14. The molecular formula is C45H43N3O15S. The van der Waals surface area contributed by atoms with Gasteiger partial charge in [0.05, 0.1) is 16.7 Å². The second-order valence-electron chi connectivity index (χ2n) is 14.2. The minimum absolute atomic E-state index is 0.0985. The van der Waals surface area contributed by atoms with Crippen molar-refractivity contribution < 1.29 is 71.4 Å². The molecule has 0 spiro atoms. The average Bonchev–Trinajstić information content (AvgIpc) is 3.29. The van der Waals surface area contributed by atoms with Gasteiger partial charge in [-0.3, -0.25) is 14.4 Å². The van der Waals surface area contributed by atoms with Gasteiger partial charge in [-0.25, -0.2) is 14.4 Å². The lowest BCUT2D eigenvalue weighted by molar-refractivity contribution is -0.314. The molecule has 2 fully saturated rings. The van der Waals surface area contributed by atoms with Crippen LogP contribution >= 0.6 is 11.8 Å². The lowest BCUT2D eigenvalue weighted by atomic mass is 9.95. The molecule has 64 heavy (non-hydrogen) atoms. The van der Waals surface area contributed by atoms with Crippen LogP contribution in [0.15, 0.2) is 131 Å². The molecule has 0 aromatic heterocycles. The predicted molar refractivity (Wildman–Crippen MR) is 223 cm³/mol. The third-order valence-corrected chi connectivity index (χ3v) is 10.8. The van der Waals surface area contributed by atoms with E-state index in [1.165, 1.54) is 24.3 Å². The van der Waals surface area contributed by atoms with Gasteiger partial charge in [-0.15, -0.1) is 0 Å². The first-order valence-corrected chi connectivity index (χ1v) is 20.7. The van der Waals surface area contributed by atoms with Crippen molar-refractivity contribution in [3.05, 3.63) is 148 Å². The first-order valence-electron chi connectivity index (χ1n) is 19.9. The van der Waals surface area contributed by atoms with Gasteiger partial charge in [0.2, 0.25) is 0 Å². The summed E-state index contributed by atoms with van der Waals surface area (Å²) in [4.78, 5) is 82.2. The van der Waals surface area contributed by atoms with Crippen molar-refractivity contribution in [1.29, 1.82) is 0 Å². The maximum Gasteiger partial charge on any atom is 0.338 e. The molecule has 0 unspecified atom stereocenters. The van der Waals surface area contributed by atoms with E-state index >= 15 is 0 Å². The number of carbonyl (C=O) groups is 6. The van der Waals surface area contributed by atoms with Gasteiger partial charge >= 0.3 is 35.8 Å². The Bertz CT molecular complexity index is 2290. The van der Waals surface area contributed by atoms with Crippen LogP contribution in [-0.4, -0.2) is 110 Å². The number of hydrogen-bond donors (Lipinski definition) is 0. The van der Waals surface area contributed by atoms with Crippen LogP contribution in [0, 0.1) is 0 Å². The number of ether oxygens (including phenoxy) is 9. The maximum atomic E-state index is 14.1. The SMILES string of the molecule is CC(=O)OC[C@H]1O[C@H](O[C@H]2[C@@H](OC(=O)c3ccccc3)[C@@H](COC(=O)c3ccccc3)O[C@@H](Sc3ccccc3)[C@@H]2OC(=O)c2ccccc2)[C@H](N=[N+]=[N-])[C@@H](OC(C)=O)[C@H]1OC(C)=O. The molecule has 2 saturated heterocycles. The van der Waals surface area contributed by atoms with E-state index in [-0.39, 0.29) is 16.7 Å². The molecule has 19 heteroatoms. The van der Waals surface area contributed by atoms with E-state index in [1.54, 1.807) is 97.1 Å². The number of hydrogen-bond acceptors (Lipinski definition) is 17. The zero-order valence-corrected chi connectivity index (χ0v) is 35.4. The Balaban J connectivity index is 1.50. The fourth-order valence-electron chi connectivity index (χ4n) is 6.85. The van der Waals surface area contributed by atoms with E-state index in [0.29, 0.717) is 4.90 Å². The van der Waals surface area contributed by atoms with Gasteiger partial charge in [-0.2, -0.15) is 0 Å². The van der Waals surface area contributed by atoms with E-state index in [0.717, 1.165) is 32.5 Å². The molecule has 2 aliphatic heterocycles. The van der Waals surface area contributed by atoms with Crippen LogP contribution in [0.2, 0.25) is 0 Å². The van der Waals surface area contributed by atoms with Gasteiger partial charge in [0.25, 0.3) is 0 Å². The van der Waals surface area contributed by atoms with E-state index in [1.807, 2.05) is 0 Å². The Kier molecular flexibility index (Phi) is 16.5. The number of rotatable bonds is 16. The fourth-order valence-corrected chi connectivity index (χ4v) is 7.97. The minimum Gasteiger partial charge on any atom is -0.463 e. The highest BCUT2D eigenvalue weighted by Crippen LogP contribution is 2.40. The van der Waals surface area contributed by atoms with Gasteiger partial charge in [0.15, 0.2) is 30.7 Å². The summed E-state index contributed by atoms with van der Waals surface area (Å²) >= 11 is 1.10. The smallest absolute Gasteiger partial charge is 0.338 e. The molecule has 0 N–H and O–H groups in total. The van der Waals surface area contributed by atoms with Crippen molar-refractivity contribution in [2.45, 2.75) is 86.2 Å². The Morgan fingerprint density at radius 1 is 0.547 bits per heavy atom. The number of thioether (sulfide) groups is 1. The van der Waals surface area contributed by atoms with Crippen molar-refractivity contribution in [3.8, 4) is 0 Å². The number of esters is 6. The first-order chi connectivity index (χ1) is 30.9. The fraction of sp³-hybridized carbons (Fsp3) is 0.333. The van der Waals surface area contributed by atoms with Gasteiger partial charge in [-0.05, 0) is 54.1 Å². The van der Waals surface area contributed by atoms with Gasteiger partial charge in [-0.1, -0.05) is 89.7 Å². The topological polar surface area (TPSA) is 234 Å². The maximum absolute atomic E-state index is 14.1. The summed E-state index contributed by atoms with van der Waals surface area (Å²) in [7, 11) is 0. The number of azide groups is 1. The van der Waals surface area contributed by atoms with E-state index in [4.69, 9.17) is 42.6 Å². The molecule has 4 aromatic rings. The monoisotopic (exact) mass is 897 g/mol. The van der Waals surface area contributed by atoms with Crippen LogP contribution in [0.3, 0.4) is 0 Å².